The third-order valence-electron chi connectivity index (χ3n) is 4.85. The number of carbonyl (C=O) groups excluding carboxylic acids is 1. The highest BCUT2D eigenvalue weighted by molar-refractivity contribution is 5.88. The van der Waals surface area contributed by atoms with Crippen molar-refractivity contribution in [3.05, 3.63) is 35.9 Å². The van der Waals surface area contributed by atoms with E-state index in [0.717, 1.165) is 37.8 Å². The van der Waals surface area contributed by atoms with Crippen LogP contribution in [-0.2, 0) is 10.2 Å². The Morgan fingerprint density at radius 2 is 1.95 bits per heavy atom. The van der Waals surface area contributed by atoms with Gasteiger partial charge in [0.15, 0.2) is 0 Å². The highest BCUT2D eigenvalue weighted by Crippen LogP contribution is 2.42. The first-order chi connectivity index (χ1) is 10.2. The molecule has 2 fully saturated rings. The van der Waals surface area contributed by atoms with Gasteiger partial charge in [0, 0.05) is 26.2 Å². The van der Waals surface area contributed by atoms with Crippen molar-refractivity contribution < 1.29 is 9.90 Å². The Balaban J connectivity index is 1.88. The normalized spacial score (nSPS) is 25.6. The SMILES string of the molecule is O=C(N1CCNCC(O)C1)C1(c2ccccc2)CCCC1. The number of hydrogen-bond acceptors (Lipinski definition) is 3. The van der Waals surface area contributed by atoms with Gasteiger partial charge in [0.2, 0.25) is 5.91 Å². The molecular formula is C17H24N2O2. The van der Waals surface area contributed by atoms with Crippen molar-refractivity contribution in [2.24, 2.45) is 0 Å². The highest BCUT2D eigenvalue weighted by Gasteiger charge is 2.45. The van der Waals surface area contributed by atoms with Crippen LogP contribution in [0.3, 0.4) is 0 Å². The lowest BCUT2D eigenvalue weighted by Crippen LogP contribution is -2.48. The van der Waals surface area contributed by atoms with E-state index < -0.39 is 6.10 Å². The van der Waals surface area contributed by atoms with Gasteiger partial charge in [0.05, 0.1) is 11.5 Å². The molecule has 4 heteroatoms. The zero-order chi connectivity index (χ0) is 14.7. The van der Waals surface area contributed by atoms with Gasteiger partial charge >= 0.3 is 0 Å². The molecule has 1 saturated carbocycles. The third kappa shape index (κ3) is 2.83. The van der Waals surface area contributed by atoms with Crippen LogP contribution in [0, 0.1) is 0 Å². The summed E-state index contributed by atoms with van der Waals surface area (Å²) in [5, 5.41) is 13.1. The molecule has 2 aliphatic rings. The van der Waals surface area contributed by atoms with Gasteiger partial charge in [0.25, 0.3) is 0 Å². The van der Waals surface area contributed by atoms with Crippen LogP contribution in [0.1, 0.15) is 31.2 Å². The lowest BCUT2D eigenvalue weighted by molar-refractivity contribution is -0.138. The zero-order valence-corrected chi connectivity index (χ0v) is 12.4. The number of amides is 1. The summed E-state index contributed by atoms with van der Waals surface area (Å²) in [6.07, 6.45) is 3.60. The largest absolute Gasteiger partial charge is 0.390 e. The van der Waals surface area contributed by atoms with Gasteiger partial charge in [-0.15, -0.1) is 0 Å². The Morgan fingerprint density at radius 3 is 2.67 bits per heavy atom. The van der Waals surface area contributed by atoms with E-state index in [2.05, 4.69) is 17.4 Å². The topological polar surface area (TPSA) is 52.6 Å². The quantitative estimate of drug-likeness (QED) is 0.862. The van der Waals surface area contributed by atoms with Gasteiger partial charge in [-0.3, -0.25) is 4.79 Å². The Bertz CT molecular complexity index is 483. The molecule has 114 valence electrons. The fourth-order valence-electron chi connectivity index (χ4n) is 3.74. The molecule has 3 rings (SSSR count). The second-order valence-electron chi connectivity index (χ2n) is 6.26. The molecule has 1 amide bonds. The summed E-state index contributed by atoms with van der Waals surface area (Å²) in [6, 6.07) is 10.2. The van der Waals surface area contributed by atoms with Crippen molar-refractivity contribution in [2.75, 3.05) is 26.2 Å². The first kappa shape index (κ1) is 14.5. The average molecular weight is 288 g/mol. The van der Waals surface area contributed by atoms with Crippen LogP contribution in [0.2, 0.25) is 0 Å². The summed E-state index contributed by atoms with van der Waals surface area (Å²) >= 11 is 0. The number of benzene rings is 1. The Hall–Kier alpha value is -1.39. The maximum absolute atomic E-state index is 13.2. The van der Waals surface area contributed by atoms with Gasteiger partial charge < -0.3 is 15.3 Å². The van der Waals surface area contributed by atoms with E-state index in [1.54, 1.807) is 0 Å². The van der Waals surface area contributed by atoms with Crippen molar-refractivity contribution in [1.82, 2.24) is 10.2 Å². The first-order valence-electron chi connectivity index (χ1n) is 7.96. The van der Waals surface area contributed by atoms with E-state index in [9.17, 15) is 9.90 Å². The number of aliphatic hydroxyl groups is 1. The second kappa shape index (κ2) is 6.16. The van der Waals surface area contributed by atoms with E-state index in [0.29, 0.717) is 19.6 Å². The molecule has 21 heavy (non-hydrogen) atoms. The molecule has 0 aromatic heterocycles. The molecule has 1 heterocycles. The number of nitrogens with one attached hydrogen (secondary N) is 1. The first-order valence-corrected chi connectivity index (χ1v) is 7.96. The Morgan fingerprint density at radius 1 is 1.24 bits per heavy atom. The van der Waals surface area contributed by atoms with E-state index in [1.807, 2.05) is 23.1 Å². The minimum absolute atomic E-state index is 0.203. The van der Waals surface area contributed by atoms with Crippen molar-refractivity contribution in [3.63, 3.8) is 0 Å². The molecule has 1 saturated heterocycles. The van der Waals surface area contributed by atoms with E-state index in [1.165, 1.54) is 0 Å². The monoisotopic (exact) mass is 288 g/mol. The standard InChI is InChI=1S/C17H24N2O2/c20-15-12-18-10-11-19(13-15)16(21)17(8-4-5-9-17)14-6-2-1-3-7-14/h1-3,6-7,15,18,20H,4-5,8-13H2. The second-order valence-corrected chi connectivity index (χ2v) is 6.26. The van der Waals surface area contributed by atoms with Crippen molar-refractivity contribution >= 4 is 5.91 Å². The molecule has 4 nitrogen and oxygen atoms in total. The molecule has 1 aromatic carbocycles. The van der Waals surface area contributed by atoms with E-state index in [4.69, 9.17) is 0 Å². The summed E-state index contributed by atoms with van der Waals surface area (Å²) in [5.41, 5.74) is 0.768. The summed E-state index contributed by atoms with van der Waals surface area (Å²) in [7, 11) is 0. The van der Waals surface area contributed by atoms with Crippen LogP contribution in [0.25, 0.3) is 0 Å². The summed E-state index contributed by atoms with van der Waals surface area (Å²) < 4.78 is 0. The number of β-amino-alcohol motifs (C(OH)–C–C–N with tert-alkyl or cyclic N) is 1. The zero-order valence-electron chi connectivity index (χ0n) is 12.4. The van der Waals surface area contributed by atoms with Crippen LogP contribution < -0.4 is 5.32 Å². The molecule has 1 aliphatic heterocycles. The average Bonchev–Trinajstić information content (AvgIpc) is 2.92. The minimum atomic E-state index is -0.467. The smallest absolute Gasteiger partial charge is 0.233 e. The number of aliphatic hydroxyl groups excluding tert-OH is 1. The van der Waals surface area contributed by atoms with E-state index >= 15 is 0 Å². The van der Waals surface area contributed by atoms with Gasteiger partial charge in [-0.1, -0.05) is 43.2 Å². The van der Waals surface area contributed by atoms with Crippen LogP contribution in [0.4, 0.5) is 0 Å². The predicted octanol–water partition coefficient (Wildman–Crippen LogP) is 1.29. The lowest BCUT2D eigenvalue weighted by Gasteiger charge is -2.34. The lowest BCUT2D eigenvalue weighted by atomic mass is 9.77. The predicted molar refractivity (Wildman–Crippen MR) is 82.0 cm³/mol. The number of rotatable bonds is 2. The number of carbonyl (C=O) groups is 1. The number of nitrogens with zero attached hydrogens (tertiary/aromatic N) is 1. The van der Waals surface area contributed by atoms with Crippen molar-refractivity contribution in [1.29, 1.82) is 0 Å². The highest BCUT2D eigenvalue weighted by atomic mass is 16.3. The van der Waals surface area contributed by atoms with Crippen LogP contribution in [-0.4, -0.2) is 48.2 Å². The Labute approximate surface area is 126 Å². The molecule has 0 spiro atoms. The van der Waals surface area contributed by atoms with Crippen LogP contribution in [0.15, 0.2) is 30.3 Å². The number of hydrogen-bond donors (Lipinski definition) is 2. The van der Waals surface area contributed by atoms with Gasteiger partial charge in [0.1, 0.15) is 0 Å². The van der Waals surface area contributed by atoms with Crippen molar-refractivity contribution in [3.8, 4) is 0 Å². The molecular weight excluding hydrogens is 264 g/mol. The fourth-order valence-corrected chi connectivity index (χ4v) is 3.74. The van der Waals surface area contributed by atoms with Gasteiger partial charge in [-0.05, 0) is 18.4 Å². The molecule has 1 atom stereocenters. The molecule has 1 aromatic rings. The summed E-state index contributed by atoms with van der Waals surface area (Å²) in [6.45, 7) is 2.46. The molecule has 0 radical (unpaired) electrons. The molecule has 1 unspecified atom stereocenters. The maximum Gasteiger partial charge on any atom is 0.233 e. The minimum Gasteiger partial charge on any atom is -0.390 e. The molecule has 2 N–H and O–H groups in total. The maximum atomic E-state index is 13.2. The Kier molecular flexibility index (Phi) is 4.27. The third-order valence-corrected chi connectivity index (χ3v) is 4.85. The van der Waals surface area contributed by atoms with Crippen molar-refractivity contribution in [2.45, 2.75) is 37.2 Å². The van der Waals surface area contributed by atoms with Crippen LogP contribution in [0.5, 0.6) is 0 Å². The molecule has 0 bridgehead atoms. The summed E-state index contributed by atoms with van der Waals surface area (Å²) in [4.78, 5) is 15.1. The van der Waals surface area contributed by atoms with Crippen LogP contribution >= 0.6 is 0 Å². The van der Waals surface area contributed by atoms with Gasteiger partial charge in [-0.25, -0.2) is 0 Å². The fraction of sp³-hybridized carbons (Fsp3) is 0.588. The molecule has 1 aliphatic carbocycles. The van der Waals surface area contributed by atoms with E-state index in [-0.39, 0.29) is 11.3 Å². The summed E-state index contributed by atoms with van der Waals surface area (Å²) in [5.74, 6) is 0.203. The van der Waals surface area contributed by atoms with Gasteiger partial charge in [-0.2, -0.15) is 0 Å².